The van der Waals surface area contributed by atoms with Crippen molar-refractivity contribution in [1.29, 1.82) is 0 Å². The van der Waals surface area contributed by atoms with E-state index in [1.165, 1.54) is 9.56 Å². The average Bonchev–Trinajstić information content (AvgIpc) is 3.29. The lowest BCUT2D eigenvalue weighted by Crippen LogP contribution is -2.22. The lowest BCUT2D eigenvalue weighted by molar-refractivity contribution is 0.0824. The molecule has 1 aromatic carbocycles. The molecule has 3 rings (SSSR count). The van der Waals surface area contributed by atoms with E-state index in [-0.39, 0.29) is 12.5 Å². The smallest absolute Gasteiger partial charge is 0.286 e. The molecular weight excluding hydrogens is 326 g/mol. The van der Waals surface area contributed by atoms with Crippen LogP contribution < -0.4 is 14.8 Å². The van der Waals surface area contributed by atoms with E-state index >= 15 is 0 Å². The number of anilines is 1. The van der Waals surface area contributed by atoms with Crippen LogP contribution in [0.15, 0.2) is 54.0 Å². The van der Waals surface area contributed by atoms with E-state index in [4.69, 9.17) is 9.47 Å². The second-order valence-corrected chi connectivity index (χ2v) is 5.95. The fourth-order valence-corrected chi connectivity index (χ4v) is 2.75. The molecule has 0 spiro atoms. The van der Waals surface area contributed by atoms with Gasteiger partial charge in [0.15, 0.2) is 6.61 Å². The summed E-state index contributed by atoms with van der Waals surface area (Å²) in [4.78, 5) is 13.5. The maximum absolute atomic E-state index is 12.3. The van der Waals surface area contributed by atoms with E-state index in [0.717, 1.165) is 5.75 Å². The van der Waals surface area contributed by atoms with Crippen LogP contribution in [0.4, 0.5) is 5.82 Å². The van der Waals surface area contributed by atoms with Crippen LogP contribution in [-0.2, 0) is 6.54 Å². The molecule has 0 saturated heterocycles. The van der Waals surface area contributed by atoms with Crippen molar-refractivity contribution in [2.24, 2.45) is 0 Å². The van der Waals surface area contributed by atoms with Gasteiger partial charge in [-0.25, -0.2) is 0 Å². The molecule has 0 amide bonds. The molecule has 7 heteroatoms. The van der Waals surface area contributed by atoms with E-state index in [1.54, 1.807) is 55.0 Å². The Bertz CT molecular complexity index is 782. The van der Waals surface area contributed by atoms with Crippen LogP contribution in [0.25, 0.3) is 0 Å². The molecule has 6 nitrogen and oxygen atoms in total. The summed E-state index contributed by atoms with van der Waals surface area (Å²) in [6, 6.07) is 12.9. The van der Waals surface area contributed by atoms with Crippen LogP contribution in [0.3, 0.4) is 0 Å². The van der Waals surface area contributed by atoms with Crippen molar-refractivity contribution in [2.75, 3.05) is 19.0 Å². The molecule has 2 heterocycles. The first-order valence-corrected chi connectivity index (χ1v) is 8.24. The Kier molecular flexibility index (Phi) is 5.12. The predicted molar refractivity (Wildman–Crippen MR) is 93.0 cm³/mol. The van der Waals surface area contributed by atoms with Gasteiger partial charge in [0.1, 0.15) is 17.3 Å². The zero-order valence-electron chi connectivity index (χ0n) is 13.1. The fourth-order valence-electron chi connectivity index (χ4n) is 2.10. The number of nitrogens with zero attached hydrogens (tertiary/aromatic N) is 2. The Morgan fingerprint density at radius 2 is 2.00 bits per heavy atom. The summed E-state index contributed by atoms with van der Waals surface area (Å²) >= 11 is 1.66. The number of carbonyl (C=O) groups excluding carboxylic acids is 1. The van der Waals surface area contributed by atoms with E-state index in [9.17, 15) is 4.79 Å². The largest absolute Gasteiger partial charge is 0.497 e. The van der Waals surface area contributed by atoms with Crippen LogP contribution >= 0.6 is 11.3 Å². The molecule has 1 N–H and O–H groups in total. The molecule has 0 radical (unpaired) electrons. The molecule has 0 aliphatic rings. The van der Waals surface area contributed by atoms with Gasteiger partial charge < -0.3 is 14.8 Å². The Morgan fingerprint density at radius 3 is 2.71 bits per heavy atom. The highest BCUT2D eigenvalue weighted by atomic mass is 32.1. The highest BCUT2D eigenvalue weighted by Gasteiger charge is 2.12. The van der Waals surface area contributed by atoms with E-state index < -0.39 is 0 Å². The van der Waals surface area contributed by atoms with Gasteiger partial charge in [-0.15, -0.1) is 11.3 Å². The van der Waals surface area contributed by atoms with Crippen molar-refractivity contribution in [3.05, 3.63) is 58.9 Å². The van der Waals surface area contributed by atoms with Crippen LogP contribution in [0.1, 0.15) is 9.67 Å². The Hall–Kier alpha value is -2.80. The van der Waals surface area contributed by atoms with Gasteiger partial charge >= 0.3 is 0 Å². The molecule has 3 aromatic rings. The van der Waals surface area contributed by atoms with E-state index in [1.807, 2.05) is 17.5 Å². The SMILES string of the molecule is COc1ccc(OCC(=O)n2nccc2NCc2cccs2)cc1. The van der Waals surface area contributed by atoms with Crippen molar-refractivity contribution in [3.8, 4) is 11.5 Å². The monoisotopic (exact) mass is 343 g/mol. The number of rotatable bonds is 7. The minimum absolute atomic E-state index is 0.0955. The first-order chi connectivity index (χ1) is 11.8. The van der Waals surface area contributed by atoms with Gasteiger partial charge in [0.25, 0.3) is 5.91 Å². The molecule has 0 fully saturated rings. The Morgan fingerprint density at radius 1 is 1.21 bits per heavy atom. The van der Waals surface area contributed by atoms with Crippen LogP contribution in [-0.4, -0.2) is 29.4 Å². The zero-order chi connectivity index (χ0) is 16.8. The third kappa shape index (κ3) is 3.94. The molecule has 24 heavy (non-hydrogen) atoms. The number of thiophene rings is 1. The summed E-state index contributed by atoms with van der Waals surface area (Å²) in [5, 5.41) is 9.29. The van der Waals surface area contributed by atoms with Crippen molar-refractivity contribution in [2.45, 2.75) is 6.54 Å². The van der Waals surface area contributed by atoms with Crippen molar-refractivity contribution in [1.82, 2.24) is 9.78 Å². The van der Waals surface area contributed by atoms with Gasteiger partial charge in [-0.1, -0.05) is 6.07 Å². The molecule has 0 unspecified atom stereocenters. The van der Waals surface area contributed by atoms with E-state index in [0.29, 0.717) is 18.1 Å². The normalized spacial score (nSPS) is 10.4. The van der Waals surface area contributed by atoms with Crippen LogP contribution in [0.5, 0.6) is 11.5 Å². The molecule has 0 atom stereocenters. The third-order valence-corrected chi connectivity index (χ3v) is 4.20. The highest BCUT2D eigenvalue weighted by molar-refractivity contribution is 7.09. The summed E-state index contributed by atoms with van der Waals surface area (Å²) in [5.41, 5.74) is 0. The number of methoxy groups -OCH3 is 1. The molecule has 0 bridgehead atoms. The summed E-state index contributed by atoms with van der Waals surface area (Å²) in [5.74, 6) is 1.74. The standard InChI is InChI=1S/C17H17N3O3S/c1-22-13-4-6-14(7-5-13)23-12-17(21)20-16(8-9-19-20)18-11-15-3-2-10-24-15/h2-10,18H,11-12H2,1H3. The first-order valence-electron chi connectivity index (χ1n) is 7.36. The molecule has 124 valence electrons. The minimum atomic E-state index is -0.246. The maximum Gasteiger partial charge on any atom is 0.286 e. The molecule has 0 aliphatic carbocycles. The maximum atomic E-state index is 12.3. The predicted octanol–water partition coefficient (Wildman–Crippen LogP) is 3.28. The number of aromatic nitrogens is 2. The van der Waals surface area contributed by atoms with Gasteiger partial charge in [-0.05, 0) is 35.7 Å². The van der Waals surface area contributed by atoms with Gasteiger partial charge in [0.2, 0.25) is 0 Å². The fraction of sp³-hybridized carbons (Fsp3) is 0.176. The van der Waals surface area contributed by atoms with Crippen molar-refractivity contribution >= 4 is 23.1 Å². The lowest BCUT2D eigenvalue weighted by Gasteiger charge is -2.09. The van der Waals surface area contributed by atoms with Gasteiger partial charge in [-0.3, -0.25) is 4.79 Å². The molecule has 0 saturated carbocycles. The highest BCUT2D eigenvalue weighted by Crippen LogP contribution is 2.17. The minimum Gasteiger partial charge on any atom is -0.497 e. The zero-order valence-corrected chi connectivity index (χ0v) is 14.0. The average molecular weight is 343 g/mol. The van der Waals surface area contributed by atoms with E-state index in [2.05, 4.69) is 10.4 Å². The number of benzene rings is 1. The van der Waals surface area contributed by atoms with Gasteiger partial charge in [-0.2, -0.15) is 9.78 Å². The number of hydrogen-bond donors (Lipinski definition) is 1. The molecule has 2 aromatic heterocycles. The second kappa shape index (κ2) is 7.65. The van der Waals surface area contributed by atoms with Gasteiger partial charge in [0, 0.05) is 10.9 Å². The molecular formula is C17H17N3O3S. The number of hydrogen-bond acceptors (Lipinski definition) is 6. The van der Waals surface area contributed by atoms with Crippen LogP contribution in [0.2, 0.25) is 0 Å². The quantitative estimate of drug-likeness (QED) is 0.713. The Balaban J connectivity index is 1.57. The summed E-state index contributed by atoms with van der Waals surface area (Å²) in [6.45, 7) is 0.553. The van der Waals surface area contributed by atoms with Crippen LogP contribution in [0, 0.1) is 0 Å². The van der Waals surface area contributed by atoms with Gasteiger partial charge in [0.05, 0.1) is 19.9 Å². The summed E-state index contributed by atoms with van der Waals surface area (Å²) in [7, 11) is 1.60. The second-order valence-electron chi connectivity index (χ2n) is 4.92. The first kappa shape index (κ1) is 16.1. The topological polar surface area (TPSA) is 65.4 Å². The summed E-state index contributed by atoms with van der Waals surface area (Å²) < 4.78 is 11.9. The van der Waals surface area contributed by atoms with Crippen molar-refractivity contribution in [3.63, 3.8) is 0 Å². The Labute approximate surface area is 143 Å². The lowest BCUT2D eigenvalue weighted by atomic mass is 10.3. The number of ether oxygens (including phenoxy) is 2. The third-order valence-electron chi connectivity index (χ3n) is 3.32. The number of carbonyl (C=O) groups is 1. The number of nitrogens with one attached hydrogen (secondary N) is 1. The molecule has 0 aliphatic heterocycles. The summed E-state index contributed by atoms with van der Waals surface area (Å²) in [6.07, 6.45) is 1.59. The van der Waals surface area contributed by atoms with Crippen molar-refractivity contribution < 1.29 is 14.3 Å².